The zero-order valence-electron chi connectivity index (χ0n) is 36.4. The van der Waals surface area contributed by atoms with Crippen LogP contribution in [0, 0.1) is 11.8 Å². The number of carbonyl (C=O) groups excluding carboxylic acids is 7. The molecule has 2 aromatic rings. The molecule has 0 aromatic heterocycles. The number of alkyl carbamates (subject to hydrolysis) is 1. The molecule has 2 heterocycles. The molecule has 0 saturated carbocycles. The van der Waals surface area contributed by atoms with Crippen molar-refractivity contribution in [3.05, 3.63) is 71.8 Å². The number of nitrogens with zero attached hydrogens (tertiary/aromatic N) is 2. The van der Waals surface area contributed by atoms with Gasteiger partial charge in [0.1, 0.15) is 35.8 Å². The monoisotopic (exact) mass is 863 g/mol. The smallest absolute Gasteiger partial charge is 0.407 e. The molecule has 2 aliphatic rings. The van der Waals surface area contributed by atoms with E-state index >= 15 is 0 Å². The van der Waals surface area contributed by atoms with E-state index in [4.69, 9.17) is 10.5 Å². The van der Waals surface area contributed by atoms with E-state index in [1.165, 1.54) is 16.7 Å². The van der Waals surface area contributed by atoms with Crippen LogP contribution in [0.3, 0.4) is 0 Å². The Balaban J connectivity index is 1.51. The van der Waals surface area contributed by atoms with E-state index in [0.29, 0.717) is 50.9 Å². The van der Waals surface area contributed by atoms with Gasteiger partial charge in [-0.1, -0.05) is 74.5 Å². The van der Waals surface area contributed by atoms with Gasteiger partial charge in [0.25, 0.3) is 0 Å². The quantitative estimate of drug-likeness (QED) is 0.110. The molecule has 6 atom stereocenters. The number of hydrogen-bond acceptors (Lipinski definition) is 9. The highest BCUT2D eigenvalue weighted by Crippen LogP contribution is 2.35. The molecule has 2 fully saturated rings. The molecule has 2 aliphatic heterocycles. The van der Waals surface area contributed by atoms with Crippen LogP contribution < -0.4 is 27.0 Å². The van der Waals surface area contributed by atoms with Gasteiger partial charge >= 0.3 is 6.09 Å². The van der Waals surface area contributed by atoms with Gasteiger partial charge in [-0.25, -0.2) is 4.79 Å². The lowest BCUT2D eigenvalue weighted by Crippen LogP contribution is -2.58. The van der Waals surface area contributed by atoms with Gasteiger partial charge in [0, 0.05) is 44.8 Å². The van der Waals surface area contributed by atoms with Crippen molar-refractivity contribution in [3.8, 4) is 0 Å². The largest absolute Gasteiger partial charge is 0.444 e. The maximum absolute atomic E-state index is 14.7. The van der Waals surface area contributed by atoms with Gasteiger partial charge in [-0.3, -0.25) is 28.8 Å². The second-order valence-corrected chi connectivity index (χ2v) is 18.3. The zero-order chi connectivity index (χ0) is 44.7. The third-order valence-electron chi connectivity index (χ3n) is 10.7. The van der Waals surface area contributed by atoms with Crippen LogP contribution in [-0.4, -0.2) is 119 Å². The number of carbonyl (C=O) groups is 7. The summed E-state index contributed by atoms with van der Waals surface area (Å²) in [7, 11) is 0. The molecule has 15 nitrogen and oxygen atoms in total. The molecule has 2 aromatic carbocycles. The number of fused-ring (bicyclic) bond motifs is 1. The van der Waals surface area contributed by atoms with Crippen molar-refractivity contribution < 1.29 is 38.3 Å². The number of ether oxygens (including phenoxy) is 1. The van der Waals surface area contributed by atoms with E-state index in [-0.39, 0.29) is 49.5 Å². The van der Waals surface area contributed by atoms with Crippen LogP contribution >= 0.6 is 11.8 Å². The molecule has 6 N–H and O–H groups in total. The Morgan fingerprint density at radius 3 is 2.03 bits per heavy atom. The number of likely N-dealkylation sites (tertiary alicyclic amines) is 2. The normalized spacial score (nSPS) is 18.1. The summed E-state index contributed by atoms with van der Waals surface area (Å²) in [5, 5.41) is 11.3. The highest BCUT2D eigenvalue weighted by atomic mass is 32.2. The Bertz CT molecular complexity index is 1810. The van der Waals surface area contributed by atoms with Crippen LogP contribution in [0.4, 0.5) is 4.79 Å². The first-order valence-corrected chi connectivity index (χ1v) is 22.7. The Labute approximate surface area is 364 Å². The Hall–Kier alpha value is -5.12. The van der Waals surface area contributed by atoms with Gasteiger partial charge in [0.15, 0.2) is 0 Å². The molecular formula is C45H65N7O8S. The van der Waals surface area contributed by atoms with Crippen LogP contribution in [0.5, 0.6) is 0 Å². The first-order chi connectivity index (χ1) is 29.0. The predicted molar refractivity (Wildman–Crippen MR) is 235 cm³/mol. The summed E-state index contributed by atoms with van der Waals surface area (Å²) in [4.78, 5) is 97.7. The molecule has 0 spiro atoms. The number of rotatable bonds is 22. The summed E-state index contributed by atoms with van der Waals surface area (Å²) in [6, 6.07) is 13.8. The molecule has 16 heteroatoms. The minimum Gasteiger partial charge on any atom is -0.444 e. The van der Waals surface area contributed by atoms with Gasteiger partial charge in [0.2, 0.25) is 35.4 Å². The van der Waals surface area contributed by atoms with E-state index in [2.05, 4.69) is 21.3 Å². The Morgan fingerprint density at radius 2 is 1.46 bits per heavy atom. The molecule has 4 rings (SSSR count). The molecular weight excluding hydrogens is 799 g/mol. The average molecular weight is 864 g/mol. The highest BCUT2D eigenvalue weighted by molar-refractivity contribution is 7.98. The number of unbranched alkanes of at least 4 members (excludes halogenated alkanes) is 1. The van der Waals surface area contributed by atoms with Crippen molar-refractivity contribution in [2.24, 2.45) is 17.6 Å². The van der Waals surface area contributed by atoms with Crippen molar-refractivity contribution in [1.29, 1.82) is 0 Å². The molecule has 0 bridgehead atoms. The maximum Gasteiger partial charge on any atom is 0.407 e. The lowest BCUT2D eigenvalue weighted by Gasteiger charge is -2.32. The topological polar surface area (TPSA) is 209 Å². The zero-order valence-corrected chi connectivity index (χ0v) is 37.3. The number of nitrogens with two attached hydrogens (primary N) is 1. The second-order valence-electron chi connectivity index (χ2n) is 17.4. The summed E-state index contributed by atoms with van der Waals surface area (Å²) in [6.07, 6.45) is 3.96. The van der Waals surface area contributed by atoms with Crippen LogP contribution in [0.15, 0.2) is 60.7 Å². The average Bonchev–Trinajstić information content (AvgIpc) is 3.77. The number of primary amides is 1. The summed E-state index contributed by atoms with van der Waals surface area (Å²) < 4.78 is 5.26. The van der Waals surface area contributed by atoms with E-state index in [1.54, 1.807) is 25.7 Å². The minimum absolute atomic E-state index is 0.0379. The van der Waals surface area contributed by atoms with Crippen molar-refractivity contribution in [2.75, 3.05) is 31.6 Å². The number of nitrogens with one attached hydrogen (secondary N) is 4. The number of thioether (sulfide) groups is 1. The lowest BCUT2D eigenvalue weighted by atomic mass is 10.0. The van der Waals surface area contributed by atoms with E-state index < -0.39 is 65.5 Å². The third-order valence-corrected chi connectivity index (χ3v) is 11.4. The maximum atomic E-state index is 14.7. The SMILES string of the molecule is CSCC[C@H](NC(=O)[C@@H](CC(C)C)N1C[C@@H]2CCN(C(=O)[C@H](Cc3ccccc3)NC(=O)[C@H](Cc3ccccc3)NC(=O)CCCCNC(=O)OC(C)(C)C)[C@@H]2C1=O)C(N)=O. The first kappa shape index (κ1) is 48.5. The van der Waals surface area contributed by atoms with Gasteiger partial charge in [-0.05, 0) is 81.9 Å². The van der Waals surface area contributed by atoms with E-state index in [1.807, 2.05) is 80.8 Å². The fourth-order valence-electron chi connectivity index (χ4n) is 7.80. The highest BCUT2D eigenvalue weighted by Gasteiger charge is 2.53. The summed E-state index contributed by atoms with van der Waals surface area (Å²) in [5.74, 6) is -2.37. The Morgan fingerprint density at radius 1 is 0.852 bits per heavy atom. The fourth-order valence-corrected chi connectivity index (χ4v) is 8.27. The van der Waals surface area contributed by atoms with Gasteiger partial charge in [-0.15, -0.1) is 0 Å². The van der Waals surface area contributed by atoms with Crippen LogP contribution in [0.25, 0.3) is 0 Å². The van der Waals surface area contributed by atoms with Crippen molar-refractivity contribution >= 4 is 53.3 Å². The molecule has 334 valence electrons. The second kappa shape index (κ2) is 23.2. The van der Waals surface area contributed by atoms with Crippen molar-refractivity contribution in [1.82, 2.24) is 31.1 Å². The summed E-state index contributed by atoms with van der Waals surface area (Å²) in [6.45, 7) is 10.1. The summed E-state index contributed by atoms with van der Waals surface area (Å²) in [5.41, 5.74) is 6.60. The van der Waals surface area contributed by atoms with Gasteiger partial charge in [0.05, 0.1) is 0 Å². The molecule has 61 heavy (non-hydrogen) atoms. The third kappa shape index (κ3) is 15.1. The van der Waals surface area contributed by atoms with Crippen LogP contribution in [0.1, 0.15) is 84.3 Å². The molecule has 2 saturated heterocycles. The van der Waals surface area contributed by atoms with Crippen molar-refractivity contribution in [2.45, 2.75) is 122 Å². The Kier molecular flexibility index (Phi) is 18.5. The predicted octanol–water partition coefficient (Wildman–Crippen LogP) is 3.33. The van der Waals surface area contributed by atoms with Gasteiger partial charge in [-0.2, -0.15) is 11.8 Å². The van der Waals surface area contributed by atoms with Crippen molar-refractivity contribution in [3.63, 3.8) is 0 Å². The van der Waals surface area contributed by atoms with Gasteiger partial charge < -0.3 is 41.5 Å². The minimum atomic E-state index is -1.08. The van der Waals surface area contributed by atoms with Crippen LogP contribution in [0.2, 0.25) is 0 Å². The number of benzene rings is 2. The standard InChI is InChI=1S/C45H65N7O8S/c1-29(2)25-36(41(56)49-33(39(46)54)21-24-61-6)52-28-32-20-23-51(38(32)43(52)58)42(57)35(27-31-17-11-8-12-18-31)50-40(55)34(26-30-15-9-7-10-16-30)48-37(53)19-13-14-22-47-44(59)60-45(3,4)5/h7-12,15-18,29,32-36,38H,13-14,19-28H2,1-6H3,(H2,46,54)(H,47,59)(H,48,53)(H,49,56)(H,50,55)/t32-,33-,34-,35-,36+,38-/m0/s1. The lowest BCUT2D eigenvalue weighted by molar-refractivity contribution is -0.146. The van der Waals surface area contributed by atoms with E-state index in [9.17, 15) is 33.6 Å². The first-order valence-electron chi connectivity index (χ1n) is 21.3. The molecule has 0 aliphatic carbocycles. The van der Waals surface area contributed by atoms with Crippen LogP contribution in [-0.2, 0) is 46.3 Å². The molecule has 7 amide bonds. The fraction of sp³-hybridized carbons (Fsp3) is 0.578. The molecule has 0 unspecified atom stereocenters. The summed E-state index contributed by atoms with van der Waals surface area (Å²) >= 11 is 1.53. The number of amides is 7. The number of hydrogen-bond donors (Lipinski definition) is 5. The molecule has 0 radical (unpaired) electrons. The van der Waals surface area contributed by atoms with E-state index in [0.717, 1.165) is 11.1 Å².